The zero-order chi connectivity index (χ0) is 15.0. The van der Waals surface area contributed by atoms with Crippen LogP contribution < -0.4 is 5.32 Å². The molecule has 0 unspecified atom stereocenters. The van der Waals surface area contributed by atoms with E-state index in [-0.39, 0.29) is 5.41 Å². The van der Waals surface area contributed by atoms with E-state index in [0.29, 0.717) is 0 Å². The summed E-state index contributed by atoms with van der Waals surface area (Å²) in [5, 5.41) is 4.45. The Morgan fingerprint density at radius 3 is 2.29 bits per heavy atom. The first-order chi connectivity index (χ1) is 9.91. The van der Waals surface area contributed by atoms with Gasteiger partial charge in [-0.3, -0.25) is 0 Å². The molecule has 21 heavy (non-hydrogen) atoms. The van der Waals surface area contributed by atoms with E-state index in [2.05, 4.69) is 81.5 Å². The molecule has 0 spiro atoms. The largest absolute Gasteiger partial charge is 0.440 e. The van der Waals surface area contributed by atoms with Crippen LogP contribution in [0.5, 0.6) is 0 Å². The van der Waals surface area contributed by atoms with Crippen LogP contribution in [0, 0.1) is 6.92 Å². The van der Waals surface area contributed by atoms with Gasteiger partial charge in [0, 0.05) is 17.1 Å². The normalized spacial score (nSPS) is 11.8. The van der Waals surface area contributed by atoms with E-state index in [1.54, 1.807) is 0 Å². The molecule has 3 aromatic rings. The van der Waals surface area contributed by atoms with Gasteiger partial charge < -0.3 is 9.73 Å². The van der Waals surface area contributed by atoms with Gasteiger partial charge in [0.05, 0.1) is 0 Å². The van der Waals surface area contributed by atoms with E-state index < -0.39 is 0 Å². The maximum absolute atomic E-state index is 5.86. The molecule has 3 rings (SSSR count). The third kappa shape index (κ3) is 2.94. The van der Waals surface area contributed by atoms with Gasteiger partial charge in [-0.2, -0.15) is 0 Å². The Bertz CT molecular complexity index is 760. The molecule has 2 nitrogen and oxygen atoms in total. The number of hydrogen-bond donors (Lipinski definition) is 1. The Labute approximate surface area is 125 Å². The molecule has 0 atom stereocenters. The van der Waals surface area contributed by atoms with E-state index in [9.17, 15) is 0 Å². The van der Waals surface area contributed by atoms with Gasteiger partial charge in [0.2, 0.25) is 0 Å². The number of furan rings is 1. The van der Waals surface area contributed by atoms with Crippen molar-refractivity contribution in [1.29, 1.82) is 0 Å². The van der Waals surface area contributed by atoms with E-state index in [1.807, 2.05) is 0 Å². The van der Waals surface area contributed by atoms with Crippen LogP contribution in [-0.4, -0.2) is 0 Å². The van der Waals surface area contributed by atoms with Gasteiger partial charge in [-0.25, -0.2) is 0 Å². The van der Waals surface area contributed by atoms with Crippen molar-refractivity contribution in [3.05, 3.63) is 59.7 Å². The topological polar surface area (TPSA) is 25.2 Å². The van der Waals surface area contributed by atoms with Crippen LogP contribution in [0.1, 0.15) is 31.9 Å². The molecular formula is C19H21NO. The maximum Gasteiger partial charge on any atom is 0.198 e. The molecule has 0 fully saturated rings. The van der Waals surface area contributed by atoms with Gasteiger partial charge in [-0.1, -0.05) is 44.5 Å². The summed E-state index contributed by atoms with van der Waals surface area (Å²) in [6.07, 6.45) is 0. The molecule has 2 aromatic carbocycles. The van der Waals surface area contributed by atoms with Gasteiger partial charge in [0.15, 0.2) is 5.88 Å². The predicted molar refractivity (Wildman–Crippen MR) is 89.4 cm³/mol. The van der Waals surface area contributed by atoms with Crippen LogP contribution in [0.15, 0.2) is 52.9 Å². The van der Waals surface area contributed by atoms with E-state index in [4.69, 9.17) is 4.42 Å². The number of aryl methyl sites for hydroxylation is 1. The standard InChI is InChI=1S/C19H21NO/c1-13-5-8-16(9-6-13)20-18-12-14-11-15(19(2,3)4)7-10-17(14)21-18/h5-12,20H,1-4H3. The van der Waals surface area contributed by atoms with Crippen LogP contribution in [0.2, 0.25) is 0 Å². The fraction of sp³-hybridized carbons (Fsp3) is 0.263. The molecule has 0 amide bonds. The average Bonchev–Trinajstić information content (AvgIpc) is 2.81. The monoisotopic (exact) mass is 279 g/mol. The fourth-order valence-corrected chi connectivity index (χ4v) is 2.35. The van der Waals surface area contributed by atoms with Crippen molar-refractivity contribution in [3.63, 3.8) is 0 Å². The summed E-state index contributed by atoms with van der Waals surface area (Å²) in [5.74, 6) is 0.778. The summed E-state index contributed by atoms with van der Waals surface area (Å²) >= 11 is 0. The number of benzene rings is 2. The van der Waals surface area contributed by atoms with E-state index in [1.165, 1.54) is 11.1 Å². The lowest BCUT2D eigenvalue weighted by Crippen LogP contribution is -2.10. The molecule has 2 heteroatoms. The van der Waals surface area contributed by atoms with Gasteiger partial charge in [0.1, 0.15) is 5.58 Å². The highest BCUT2D eigenvalue weighted by Gasteiger charge is 2.15. The highest BCUT2D eigenvalue weighted by Crippen LogP contribution is 2.30. The molecule has 0 aliphatic rings. The van der Waals surface area contributed by atoms with Gasteiger partial charge in [-0.15, -0.1) is 0 Å². The third-order valence-corrected chi connectivity index (χ3v) is 3.70. The Morgan fingerprint density at radius 2 is 1.62 bits per heavy atom. The zero-order valence-corrected chi connectivity index (χ0v) is 13.0. The lowest BCUT2D eigenvalue weighted by Gasteiger charge is -2.18. The lowest BCUT2D eigenvalue weighted by atomic mass is 9.86. The SMILES string of the molecule is Cc1ccc(Nc2cc3cc(C(C)(C)C)ccc3o2)cc1. The van der Waals surface area contributed by atoms with Crippen molar-refractivity contribution in [1.82, 2.24) is 0 Å². The third-order valence-electron chi connectivity index (χ3n) is 3.70. The summed E-state index contributed by atoms with van der Waals surface area (Å²) < 4.78 is 5.86. The lowest BCUT2D eigenvalue weighted by molar-refractivity contribution is 0.590. The molecule has 0 aliphatic heterocycles. The van der Waals surface area contributed by atoms with Crippen molar-refractivity contribution in [2.45, 2.75) is 33.1 Å². The second-order valence-electron chi connectivity index (χ2n) is 6.60. The van der Waals surface area contributed by atoms with E-state index >= 15 is 0 Å². The molecule has 108 valence electrons. The molecule has 0 aliphatic carbocycles. The van der Waals surface area contributed by atoms with Crippen molar-refractivity contribution in [2.24, 2.45) is 0 Å². The van der Waals surface area contributed by atoms with Crippen LogP contribution in [0.4, 0.5) is 11.6 Å². The Morgan fingerprint density at radius 1 is 0.905 bits per heavy atom. The van der Waals surface area contributed by atoms with Gasteiger partial charge >= 0.3 is 0 Å². The summed E-state index contributed by atoms with van der Waals surface area (Å²) in [6, 6.07) is 16.7. The molecule has 1 aromatic heterocycles. The number of rotatable bonds is 2. The highest BCUT2D eigenvalue weighted by atomic mass is 16.3. The summed E-state index contributed by atoms with van der Waals surface area (Å²) in [4.78, 5) is 0. The van der Waals surface area contributed by atoms with Crippen molar-refractivity contribution < 1.29 is 4.42 Å². The van der Waals surface area contributed by atoms with Crippen LogP contribution in [0.25, 0.3) is 11.0 Å². The minimum absolute atomic E-state index is 0.149. The summed E-state index contributed by atoms with van der Waals surface area (Å²) in [7, 11) is 0. The van der Waals surface area contributed by atoms with Gasteiger partial charge in [-0.05, 0) is 42.2 Å². The molecule has 0 saturated carbocycles. The molecule has 1 heterocycles. The van der Waals surface area contributed by atoms with E-state index in [0.717, 1.165) is 22.5 Å². The maximum atomic E-state index is 5.86. The van der Waals surface area contributed by atoms with Gasteiger partial charge in [0.25, 0.3) is 0 Å². The van der Waals surface area contributed by atoms with Crippen molar-refractivity contribution >= 4 is 22.5 Å². The first-order valence-electron chi connectivity index (χ1n) is 7.29. The molecule has 0 radical (unpaired) electrons. The first kappa shape index (κ1) is 13.7. The Kier molecular flexibility index (Phi) is 3.25. The number of nitrogens with one attached hydrogen (secondary N) is 1. The second-order valence-corrected chi connectivity index (χ2v) is 6.60. The fourth-order valence-electron chi connectivity index (χ4n) is 2.35. The van der Waals surface area contributed by atoms with Crippen LogP contribution in [0.3, 0.4) is 0 Å². The zero-order valence-electron chi connectivity index (χ0n) is 13.0. The van der Waals surface area contributed by atoms with Crippen molar-refractivity contribution in [3.8, 4) is 0 Å². The molecule has 0 bridgehead atoms. The number of anilines is 2. The number of hydrogen-bond acceptors (Lipinski definition) is 2. The molecule has 1 N–H and O–H groups in total. The van der Waals surface area contributed by atoms with Crippen molar-refractivity contribution in [2.75, 3.05) is 5.32 Å². The summed E-state index contributed by atoms with van der Waals surface area (Å²) in [5.41, 5.74) is 4.67. The summed E-state index contributed by atoms with van der Waals surface area (Å²) in [6.45, 7) is 8.75. The Hall–Kier alpha value is -2.22. The number of fused-ring (bicyclic) bond motifs is 1. The predicted octanol–water partition coefficient (Wildman–Crippen LogP) is 5.78. The average molecular weight is 279 g/mol. The minimum Gasteiger partial charge on any atom is -0.440 e. The quantitative estimate of drug-likeness (QED) is 0.643. The second kappa shape index (κ2) is 4.96. The van der Waals surface area contributed by atoms with Crippen LogP contribution >= 0.6 is 0 Å². The Balaban J connectivity index is 1.92. The smallest absolute Gasteiger partial charge is 0.198 e. The molecular weight excluding hydrogens is 258 g/mol. The molecule has 0 saturated heterocycles. The first-order valence-corrected chi connectivity index (χ1v) is 7.29. The highest BCUT2D eigenvalue weighted by molar-refractivity contribution is 5.82. The van der Waals surface area contributed by atoms with Crippen LogP contribution in [-0.2, 0) is 5.41 Å². The minimum atomic E-state index is 0.149.